The Labute approximate surface area is 99.2 Å². The summed E-state index contributed by atoms with van der Waals surface area (Å²) in [6, 6.07) is 14.3. The summed E-state index contributed by atoms with van der Waals surface area (Å²) in [5.74, 6) is -0.491. The van der Waals surface area contributed by atoms with Crippen LogP contribution in [0.25, 0.3) is 12.2 Å². The predicted octanol–water partition coefficient (Wildman–Crippen LogP) is 3.81. The van der Waals surface area contributed by atoms with Crippen LogP contribution in [0.4, 0.5) is 4.39 Å². The van der Waals surface area contributed by atoms with Crippen molar-refractivity contribution in [1.82, 2.24) is 0 Å². The van der Waals surface area contributed by atoms with E-state index in [2.05, 4.69) is 0 Å². The molecule has 2 aromatic carbocycles. The summed E-state index contributed by atoms with van der Waals surface area (Å²) < 4.78 is 13.3. The molecule has 2 rings (SSSR count). The molecule has 0 aliphatic heterocycles. The highest BCUT2D eigenvalue weighted by Crippen LogP contribution is 2.12. The largest absolute Gasteiger partial charge is 0.298 e. The molecule has 17 heavy (non-hydrogen) atoms. The SMILES string of the molecule is O=Cc1ccc(/C=C/c2ccccc2)cc1F. The van der Waals surface area contributed by atoms with E-state index in [4.69, 9.17) is 0 Å². The topological polar surface area (TPSA) is 17.1 Å². The highest BCUT2D eigenvalue weighted by Gasteiger charge is 1.99. The monoisotopic (exact) mass is 226 g/mol. The number of rotatable bonds is 3. The Balaban J connectivity index is 2.22. The van der Waals surface area contributed by atoms with Crippen molar-refractivity contribution in [2.75, 3.05) is 0 Å². The average Bonchev–Trinajstić information content (AvgIpc) is 2.38. The van der Waals surface area contributed by atoms with Crippen molar-refractivity contribution in [3.05, 3.63) is 71.0 Å². The Morgan fingerprint density at radius 1 is 0.882 bits per heavy atom. The lowest BCUT2D eigenvalue weighted by atomic mass is 10.1. The van der Waals surface area contributed by atoms with Crippen molar-refractivity contribution in [1.29, 1.82) is 0 Å². The van der Waals surface area contributed by atoms with Crippen LogP contribution in [0.15, 0.2) is 48.5 Å². The maximum atomic E-state index is 13.3. The quantitative estimate of drug-likeness (QED) is 0.574. The Kier molecular flexibility index (Phi) is 3.46. The fourth-order valence-electron chi connectivity index (χ4n) is 1.50. The Morgan fingerprint density at radius 3 is 2.24 bits per heavy atom. The summed E-state index contributed by atoms with van der Waals surface area (Å²) in [6.07, 6.45) is 4.22. The van der Waals surface area contributed by atoms with Gasteiger partial charge in [-0.25, -0.2) is 4.39 Å². The first kappa shape index (κ1) is 11.3. The summed E-state index contributed by atoms with van der Waals surface area (Å²) >= 11 is 0. The van der Waals surface area contributed by atoms with Crippen molar-refractivity contribution in [2.24, 2.45) is 0 Å². The number of carbonyl (C=O) groups excluding carboxylic acids is 1. The van der Waals surface area contributed by atoms with Crippen molar-refractivity contribution in [3.8, 4) is 0 Å². The standard InChI is InChI=1S/C15H11FO/c16-15-10-13(8-9-14(15)11-17)7-6-12-4-2-1-3-5-12/h1-11H/b7-6+. The van der Waals surface area contributed by atoms with Crippen LogP contribution >= 0.6 is 0 Å². The third-order valence-electron chi connectivity index (χ3n) is 2.42. The molecule has 0 N–H and O–H groups in total. The van der Waals surface area contributed by atoms with Crippen LogP contribution < -0.4 is 0 Å². The highest BCUT2D eigenvalue weighted by atomic mass is 19.1. The Hall–Kier alpha value is -2.22. The van der Waals surface area contributed by atoms with E-state index in [0.717, 1.165) is 11.1 Å². The van der Waals surface area contributed by atoms with Crippen molar-refractivity contribution in [3.63, 3.8) is 0 Å². The van der Waals surface area contributed by atoms with E-state index in [1.165, 1.54) is 12.1 Å². The fraction of sp³-hybridized carbons (Fsp3) is 0. The number of hydrogen-bond donors (Lipinski definition) is 0. The van der Waals surface area contributed by atoms with Gasteiger partial charge >= 0.3 is 0 Å². The molecule has 0 aromatic heterocycles. The van der Waals surface area contributed by atoms with E-state index < -0.39 is 5.82 Å². The second-order valence-electron chi connectivity index (χ2n) is 3.64. The summed E-state index contributed by atoms with van der Waals surface area (Å²) in [4.78, 5) is 10.5. The summed E-state index contributed by atoms with van der Waals surface area (Å²) in [6.45, 7) is 0. The molecule has 0 spiro atoms. The number of halogens is 1. The molecule has 0 amide bonds. The third-order valence-corrected chi connectivity index (χ3v) is 2.42. The van der Waals surface area contributed by atoms with E-state index in [0.29, 0.717) is 6.29 Å². The average molecular weight is 226 g/mol. The molecular weight excluding hydrogens is 215 g/mol. The molecule has 84 valence electrons. The van der Waals surface area contributed by atoms with Crippen LogP contribution in [0.5, 0.6) is 0 Å². The zero-order valence-corrected chi connectivity index (χ0v) is 9.14. The lowest BCUT2D eigenvalue weighted by Gasteiger charge is -1.97. The van der Waals surface area contributed by atoms with Crippen LogP contribution in [0, 0.1) is 5.82 Å². The zero-order valence-electron chi connectivity index (χ0n) is 9.14. The maximum absolute atomic E-state index is 13.3. The molecule has 2 heteroatoms. The lowest BCUT2D eigenvalue weighted by molar-refractivity contribution is 0.112. The summed E-state index contributed by atoms with van der Waals surface area (Å²) in [5, 5.41) is 0. The molecule has 0 unspecified atom stereocenters. The van der Waals surface area contributed by atoms with Crippen LogP contribution in [-0.2, 0) is 0 Å². The molecule has 0 radical (unpaired) electrons. The van der Waals surface area contributed by atoms with Crippen molar-refractivity contribution >= 4 is 18.4 Å². The number of aldehydes is 1. The van der Waals surface area contributed by atoms with Gasteiger partial charge in [0.05, 0.1) is 5.56 Å². The van der Waals surface area contributed by atoms with Gasteiger partial charge in [-0.05, 0) is 23.3 Å². The molecule has 0 saturated carbocycles. The second-order valence-corrected chi connectivity index (χ2v) is 3.64. The Morgan fingerprint density at radius 2 is 1.59 bits per heavy atom. The second kappa shape index (κ2) is 5.21. The van der Waals surface area contributed by atoms with E-state index in [-0.39, 0.29) is 5.56 Å². The molecule has 0 bridgehead atoms. The van der Waals surface area contributed by atoms with Gasteiger partial charge in [-0.15, -0.1) is 0 Å². The van der Waals surface area contributed by atoms with Gasteiger partial charge in [-0.2, -0.15) is 0 Å². The van der Waals surface area contributed by atoms with Gasteiger partial charge < -0.3 is 0 Å². The van der Waals surface area contributed by atoms with Crippen molar-refractivity contribution < 1.29 is 9.18 Å². The van der Waals surface area contributed by atoms with Crippen molar-refractivity contribution in [2.45, 2.75) is 0 Å². The molecule has 0 heterocycles. The van der Waals surface area contributed by atoms with E-state index >= 15 is 0 Å². The summed E-state index contributed by atoms with van der Waals surface area (Å²) in [5.41, 5.74) is 1.87. The van der Waals surface area contributed by atoms with Gasteiger partial charge in [-0.3, -0.25) is 4.79 Å². The van der Waals surface area contributed by atoms with Gasteiger partial charge in [0.25, 0.3) is 0 Å². The maximum Gasteiger partial charge on any atom is 0.152 e. The van der Waals surface area contributed by atoms with Gasteiger partial charge in [-0.1, -0.05) is 48.6 Å². The predicted molar refractivity (Wildman–Crippen MR) is 67.2 cm³/mol. The third kappa shape index (κ3) is 2.88. The van der Waals surface area contributed by atoms with E-state index in [1.54, 1.807) is 6.07 Å². The molecule has 0 atom stereocenters. The van der Waals surface area contributed by atoms with Crippen LogP contribution in [0.2, 0.25) is 0 Å². The molecule has 0 saturated heterocycles. The fourth-order valence-corrected chi connectivity index (χ4v) is 1.50. The zero-order chi connectivity index (χ0) is 12.1. The Bertz CT molecular complexity index is 544. The molecule has 0 aliphatic rings. The number of hydrogen-bond acceptors (Lipinski definition) is 1. The molecule has 0 fully saturated rings. The van der Waals surface area contributed by atoms with E-state index in [1.807, 2.05) is 42.5 Å². The molecule has 2 aromatic rings. The van der Waals surface area contributed by atoms with Crippen LogP contribution in [-0.4, -0.2) is 6.29 Å². The van der Waals surface area contributed by atoms with Gasteiger partial charge in [0.1, 0.15) is 5.82 Å². The first-order valence-electron chi connectivity index (χ1n) is 5.27. The first-order chi connectivity index (χ1) is 8.29. The van der Waals surface area contributed by atoms with E-state index in [9.17, 15) is 9.18 Å². The minimum Gasteiger partial charge on any atom is -0.298 e. The summed E-state index contributed by atoms with van der Waals surface area (Å²) in [7, 11) is 0. The first-order valence-corrected chi connectivity index (χ1v) is 5.27. The molecule has 0 aliphatic carbocycles. The lowest BCUT2D eigenvalue weighted by Crippen LogP contribution is -1.87. The van der Waals surface area contributed by atoms with Crippen LogP contribution in [0.1, 0.15) is 21.5 Å². The smallest absolute Gasteiger partial charge is 0.152 e. The minimum atomic E-state index is -0.491. The number of benzene rings is 2. The minimum absolute atomic E-state index is 0.0851. The normalized spacial score (nSPS) is 10.6. The highest BCUT2D eigenvalue weighted by molar-refractivity contribution is 5.77. The van der Waals surface area contributed by atoms with Gasteiger partial charge in [0.2, 0.25) is 0 Å². The number of carbonyl (C=O) groups is 1. The molecule has 1 nitrogen and oxygen atoms in total. The van der Waals surface area contributed by atoms with Crippen LogP contribution in [0.3, 0.4) is 0 Å². The van der Waals surface area contributed by atoms with Gasteiger partial charge in [0.15, 0.2) is 6.29 Å². The van der Waals surface area contributed by atoms with Gasteiger partial charge in [0, 0.05) is 0 Å². The molecular formula is C15H11FO.